The van der Waals surface area contributed by atoms with Crippen molar-refractivity contribution >= 4 is 27.0 Å². The Labute approximate surface area is 137 Å². The molecule has 10 heteroatoms. The van der Waals surface area contributed by atoms with Crippen LogP contribution >= 0.6 is 11.3 Å². The summed E-state index contributed by atoms with van der Waals surface area (Å²) in [7, 11) is -4.02. The lowest BCUT2D eigenvalue weighted by atomic mass is 10.2. The molecule has 23 heavy (non-hydrogen) atoms. The summed E-state index contributed by atoms with van der Waals surface area (Å²) in [5, 5.41) is 18.8. The molecule has 1 heterocycles. The molecule has 1 aromatic heterocycles. The predicted molar refractivity (Wildman–Crippen MR) is 85.0 cm³/mol. The van der Waals surface area contributed by atoms with Gasteiger partial charge in [0.1, 0.15) is 6.61 Å². The maximum atomic E-state index is 11.3. The Morgan fingerprint density at radius 3 is 2.65 bits per heavy atom. The summed E-state index contributed by atoms with van der Waals surface area (Å²) in [5.41, 5.74) is 0.194. The van der Waals surface area contributed by atoms with Gasteiger partial charge in [-0.1, -0.05) is 13.8 Å². The van der Waals surface area contributed by atoms with E-state index in [4.69, 9.17) is 9.88 Å². The number of nitro groups is 1. The van der Waals surface area contributed by atoms with E-state index < -0.39 is 20.6 Å². The second-order valence-corrected chi connectivity index (χ2v) is 7.50. The summed E-state index contributed by atoms with van der Waals surface area (Å²) in [6.45, 7) is 4.08. The molecule has 2 rings (SSSR count). The van der Waals surface area contributed by atoms with Gasteiger partial charge in [-0.3, -0.25) is 10.1 Å². The van der Waals surface area contributed by atoms with Gasteiger partial charge in [-0.05, 0) is 12.1 Å². The monoisotopic (exact) mass is 357 g/mol. The molecular weight excluding hydrogens is 342 g/mol. The number of benzene rings is 1. The minimum Gasteiger partial charge on any atom is -0.480 e. The number of primary sulfonamides is 1. The largest absolute Gasteiger partial charge is 0.480 e. The third-order valence-electron chi connectivity index (χ3n) is 2.89. The third-order valence-corrected chi connectivity index (χ3v) is 5.00. The molecule has 0 amide bonds. The van der Waals surface area contributed by atoms with Crippen LogP contribution in [-0.4, -0.2) is 18.3 Å². The number of sulfonamides is 1. The van der Waals surface area contributed by atoms with Gasteiger partial charge in [-0.25, -0.2) is 18.5 Å². The molecule has 1 aromatic carbocycles. The number of hydrogen-bond donors (Lipinski definition) is 1. The second-order valence-electron chi connectivity index (χ2n) is 5.05. The van der Waals surface area contributed by atoms with Gasteiger partial charge in [-0.15, -0.1) is 11.3 Å². The van der Waals surface area contributed by atoms with E-state index in [9.17, 15) is 18.5 Å². The average Bonchev–Trinajstić information content (AvgIpc) is 2.92. The first-order chi connectivity index (χ1) is 10.7. The van der Waals surface area contributed by atoms with Crippen LogP contribution in [0.1, 0.15) is 30.5 Å². The zero-order chi connectivity index (χ0) is 17.2. The normalized spacial score (nSPS) is 11.7. The van der Waals surface area contributed by atoms with Crippen LogP contribution in [0.5, 0.6) is 5.75 Å². The lowest BCUT2D eigenvalue weighted by molar-refractivity contribution is -0.386. The fourth-order valence-electron chi connectivity index (χ4n) is 1.74. The number of ether oxygens (including phenoxy) is 1. The zero-order valence-corrected chi connectivity index (χ0v) is 14.1. The van der Waals surface area contributed by atoms with Crippen molar-refractivity contribution in [2.45, 2.75) is 31.3 Å². The Morgan fingerprint density at radius 1 is 1.43 bits per heavy atom. The first kappa shape index (κ1) is 17.3. The molecule has 0 bridgehead atoms. The van der Waals surface area contributed by atoms with Crippen molar-refractivity contribution in [1.29, 1.82) is 0 Å². The van der Waals surface area contributed by atoms with Gasteiger partial charge in [0.15, 0.2) is 5.75 Å². The number of aromatic nitrogens is 1. The zero-order valence-electron chi connectivity index (χ0n) is 12.4. The molecule has 0 radical (unpaired) electrons. The van der Waals surface area contributed by atoms with Crippen LogP contribution < -0.4 is 9.88 Å². The van der Waals surface area contributed by atoms with Crippen molar-refractivity contribution in [3.8, 4) is 5.75 Å². The molecular formula is C13H15N3O5S2. The van der Waals surface area contributed by atoms with Crippen molar-refractivity contribution in [2.24, 2.45) is 5.14 Å². The summed E-state index contributed by atoms with van der Waals surface area (Å²) < 4.78 is 28.0. The highest BCUT2D eigenvalue weighted by Gasteiger charge is 2.20. The molecule has 124 valence electrons. The summed E-state index contributed by atoms with van der Waals surface area (Å²) in [5.74, 6) is 0.249. The first-order valence-electron chi connectivity index (χ1n) is 6.57. The van der Waals surface area contributed by atoms with Crippen LogP contribution in [0, 0.1) is 10.1 Å². The molecule has 0 saturated heterocycles. The Bertz CT molecular complexity index is 830. The molecule has 0 fully saturated rings. The Hall–Kier alpha value is -2.04. The van der Waals surface area contributed by atoms with E-state index in [1.807, 2.05) is 19.2 Å². The lowest BCUT2D eigenvalue weighted by Gasteiger charge is -2.06. The average molecular weight is 357 g/mol. The van der Waals surface area contributed by atoms with Gasteiger partial charge in [0.25, 0.3) is 0 Å². The minimum absolute atomic E-state index is 0.0403. The fraction of sp³-hybridized carbons (Fsp3) is 0.308. The quantitative estimate of drug-likeness (QED) is 0.625. The highest BCUT2D eigenvalue weighted by Crippen LogP contribution is 2.30. The third kappa shape index (κ3) is 4.24. The molecule has 0 aliphatic rings. The number of hydrogen-bond acceptors (Lipinski definition) is 7. The van der Waals surface area contributed by atoms with E-state index in [1.54, 1.807) is 0 Å². The molecule has 2 aromatic rings. The molecule has 0 unspecified atom stereocenters. The fourth-order valence-corrected chi connectivity index (χ4v) is 3.10. The van der Waals surface area contributed by atoms with Gasteiger partial charge in [0.2, 0.25) is 10.0 Å². The smallest absolute Gasteiger partial charge is 0.312 e. The Morgan fingerprint density at radius 2 is 2.13 bits per heavy atom. The predicted octanol–water partition coefficient (Wildman–Crippen LogP) is 2.40. The maximum absolute atomic E-state index is 11.3. The summed E-state index contributed by atoms with van der Waals surface area (Å²) >= 11 is 1.49. The van der Waals surface area contributed by atoms with Gasteiger partial charge in [-0.2, -0.15) is 0 Å². The molecule has 2 N–H and O–H groups in total. The SMILES string of the molecule is CC(C)c1nc(COc2ccc(S(N)(=O)=O)cc2[N+](=O)[O-])cs1. The van der Waals surface area contributed by atoms with E-state index in [-0.39, 0.29) is 23.2 Å². The van der Waals surface area contributed by atoms with E-state index >= 15 is 0 Å². The van der Waals surface area contributed by atoms with E-state index in [1.165, 1.54) is 17.4 Å². The number of nitro benzene ring substituents is 1. The van der Waals surface area contributed by atoms with Crippen molar-refractivity contribution in [3.05, 3.63) is 44.4 Å². The van der Waals surface area contributed by atoms with Gasteiger partial charge in [0.05, 0.1) is 20.5 Å². The van der Waals surface area contributed by atoms with Crippen LogP contribution in [0.2, 0.25) is 0 Å². The number of nitrogens with zero attached hydrogens (tertiary/aromatic N) is 2. The van der Waals surface area contributed by atoms with Crippen LogP contribution in [0.3, 0.4) is 0 Å². The standard InChI is InChI=1S/C13H15N3O5S2/c1-8(2)13-15-9(7-22-13)6-21-12-4-3-10(23(14,19)20)5-11(12)16(17)18/h3-5,7-8H,6H2,1-2H3,(H2,14,19,20). The van der Waals surface area contributed by atoms with Crippen molar-refractivity contribution in [2.75, 3.05) is 0 Å². The maximum Gasteiger partial charge on any atom is 0.312 e. The molecule has 0 aliphatic carbocycles. The highest BCUT2D eigenvalue weighted by atomic mass is 32.2. The molecule has 0 aliphatic heterocycles. The molecule has 0 atom stereocenters. The second kappa shape index (κ2) is 6.60. The van der Waals surface area contributed by atoms with Crippen LogP contribution in [-0.2, 0) is 16.6 Å². The Balaban J connectivity index is 2.23. The van der Waals surface area contributed by atoms with E-state index in [0.29, 0.717) is 5.69 Å². The molecule has 0 saturated carbocycles. The molecule has 0 spiro atoms. The van der Waals surface area contributed by atoms with Crippen LogP contribution in [0.25, 0.3) is 0 Å². The number of nitrogens with two attached hydrogens (primary N) is 1. The van der Waals surface area contributed by atoms with Crippen LogP contribution in [0.15, 0.2) is 28.5 Å². The van der Waals surface area contributed by atoms with E-state index in [2.05, 4.69) is 4.98 Å². The minimum atomic E-state index is -4.02. The van der Waals surface area contributed by atoms with Crippen LogP contribution in [0.4, 0.5) is 5.69 Å². The van der Waals surface area contributed by atoms with Crippen molar-refractivity contribution in [1.82, 2.24) is 4.98 Å². The number of thiazole rings is 1. The summed E-state index contributed by atoms with van der Waals surface area (Å²) in [4.78, 5) is 14.4. The van der Waals surface area contributed by atoms with Gasteiger partial charge < -0.3 is 4.74 Å². The summed E-state index contributed by atoms with van der Waals surface area (Å²) in [6, 6.07) is 3.26. The van der Waals surface area contributed by atoms with E-state index in [0.717, 1.165) is 17.1 Å². The Kier molecular flexibility index (Phi) is 4.97. The first-order valence-corrected chi connectivity index (χ1v) is 8.99. The highest BCUT2D eigenvalue weighted by molar-refractivity contribution is 7.89. The van der Waals surface area contributed by atoms with Crippen molar-refractivity contribution < 1.29 is 18.1 Å². The number of rotatable bonds is 6. The van der Waals surface area contributed by atoms with Gasteiger partial charge in [0, 0.05) is 17.4 Å². The van der Waals surface area contributed by atoms with Gasteiger partial charge >= 0.3 is 5.69 Å². The topological polar surface area (TPSA) is 125 Å². The summed E-state index contributed by atoms with van der Waals surface area (Å²) in [6.07, 6.45) is 0. The van der Waals surface area contributed by atoms with Crippen molar-refractivity contribution in [3.63, 3.8) is 0 Å². The lowest BCUT2D eigenvalue weighted by Crippen LogP contribution is -2.12. The molecule has 8 nitrogen and oxygen atoms in total.